The van der Waals surface area contributed by atoms with Gasteiger partial charge in [0, 0.05) is 12.3 Å². The van der Waals surface area contributed by atoms with Gasteiger partial charge in [-0.15, -0.1) is 0 Å². The van der Waals surface area contributed by atoms with E-state index in [2.05, 4.69) is 10.3 Å². The molecule has 0 radical (unpaired) electrons. The van der Waals surface area contributed by atoms with Gasteiger partial charge in [0.05, 0.1) is 13.3 Å². The van der Waals surface area contributed by atoms with E-state index in [0.29, 0.717) is 0 Å². The van der Waals surface area contributed by atoms with Gasteiger partial charge in [0.1, 0.15) is 17.0 Å². The summed E-state index contributed by atoms with van der Waals surface area (Å²) in [4.78, 5) is 15.4. The van der Waals surface area contributed by atoms with Crippen LogP contribution in [0.4, 0.5) is 10.5 Å². The maximum atomic E-state index is 11.6. The number of pyridine rings is 1. The van der Waals surface area contributed by atoms with Crippen molar-refractivity contribution in [2.24, 2.45) is 0 Å². The summed E-state index contributed by atoms with van der Waals surface area (Å²) in [5.74, 6) is 0.186. The molecule has 1 heterocycles. The van der Waals surface area contributed by atoms with Gasteiger partial charge in [-0.3, -0.25) is 5.32 Å². The summed E-state index contributed by atoms with van der Waals surface area (Å²) in [6.45, 7) is 5.19. The van der Waals surface area contributed by atoms with Crippen LogP contribution in [0.25, 0.3) is 0 Å². The van der Waals surface area contributed by atoms with E-state index in [0.717, 1.165) is 6.26 Å². The van der Waals surface area contributed by atoms with Crippen molar-refractivity contribution in [1.82, 2.24) is 4.98 Å². The number of aromatic nitrogens is 1. The molecule has 0 unspecified atom stereocenters. The number of anilines is 1. The maximum absolute atomic E-state index is 11.6. The Morgan fingerprint density at radius 3 is 2.40 bits per heavy atom. The fourth-order valence-electron chi connectivity index (χ4n) is 1.30. The van der Waals surface area contributed by atoms with E-state index in [4.69, 9.17) is 9.47 Å². The lowest BCUT2D eigenvalue weighted by Gasteiger charge is -2.20. The molecule has 0 saturated carbocycles. The summed E-state index contributed by atoms with van der Waals surface area (Å²) in [6, 6.07) is 1.24. The number of carbonyl (C=O) groups excluding carboxylic acids is 1. The van der Waals surface area contributed by atoms with Crippen LogP contribution in [-0.2, 0) is 14.6 Å². The highest BCUT2D eigenvalue weighted by atomic mass is 32.2. The van der Waals surface area contributed by atoms with E-state index < -0.39 is 21.5 Å². The molecule has 1 rings (SSSR count). The van der Waals surface area contributed by atoms with E-state index in [1.807, 2.05) is 0 Å². The zero-order valence-electron chi connectivity index (χ0n) is 12.1. The van der Waals surface area contributed by atoms with E-state index in [-0.39, 0.29) is 16.5 Å². The van der Waals surface area contributed by atoms with Gasteiger partial charge in [-0.1, -0.05) is 0 Å². The van der Waals surface area contributed by atoms with Crippen LogP contribution in [0.3, 0.4) is 0 Å². The summed E-state index contributed by atoms with van der Waals surface area (Å²) in [5, 5.41) is 2.32. The number of sulfone groups is 1. The number of carbonyl (C=O) groups is 1. The molecular weight excluding hydrogens is 284 g/mol. The number of ether oxygens (including phenoxy) is 2. The lowest BCUT2D eigenvalue weighted by molar-refractivity contribution is 0.0635. The van der Waals surface area contributed by atoms with E-state index >= 15 is 0 Å². The zero-order valence-corrected chi connectivity index (χ0v) is 12.9. The lowest BCUT2D eigenvalue weighted by Crippen LogP contribution is -2.27. The van der Waals surface area contributed by atoms with Gasteiger partial charge in [-0.05, 0) is 20.8 Å². The Morgan fingerprint density at radius 2 is 1.95 bits per heavy atom. The van der Waals surface area contributed by atoms with Crippen molar-refractivity contribution in [3.63, 3.8) is 0 Å². The molecule has 0 aliphatic rings. The predicted molar refractivity (Wildman–Crippen MR) is 73.8 cm³/mol. The number of methoxy groups -OCH3 is 1. The Kier molecular flexibility index (Phi) is 4.59. The first-order valence-corrected chi connectivity index (χ1v) is 7.66. The Morgan fingerprint density at radius 1 is 1.35 bits per heavy atom. The van der Waals surface area contributed by atoms with Gasteiger partial charge >= 0.3 is 6.09 Å². The normalized spacial score (nSPS) is 11.8. The smallest absolute Gasteiger partial charge is 0.412 e. The fourth-order valence-corrected chi connectivity index (χ4v) is 1.86. The second-order valence-corrected chi connectivity index (χ2v) is 7.08. The Balaban J connectivity index is 3.00. The zero-order chi connectivity index (χ0) is 15.6. The topological polar surface area (TPSA) is 94.6 Å². The highest BCUT2D eigenvalue weighted by Crippen LogP contribution is 2.26. The number of nitrogens with zero attached hydrogens (tertiary/aromatic N) is 1. The first kappa shape index (κ1) is 16.2. The summed E-state index contributed by atoms with van der Waals surface area (Å²) >= 11 is 0. The largest absolute Gasteiger partial charge is 0.494 e. The third-order valence-corrected chi connectivity index (χ3v) is 3.06. The minimum atomic E-state index is -3.44. The van der Waals surface area contributed by atoms with Crippen molar-refractivity contribution in [3.8, 4) is 5.75 Å². The molecule has 0 bridgehead atoms. The second-order valence-electron chi connectivity index (χ2n) is 5.12. The third kappa shape index (κ3) is 4.69. The summed E-state index contributed by atoms with van der Waals surface area (Å²) in [5.41, 5.74) is -0.411. The van der Waals surface area contributed by atoms with Crippen LogP contribution in [0.1, 0.15) is 20.8 Å². The Hall–Kier alpha value is -1.83. The molecule has 0 aromatic carbocycles. The molecule has 0 atom stereocenters. The number of hydrogen-bond acceptors (Lipinski definition) is 6. The SMILES string of the molecule is COc1cc(S(C)(=O)=O)ncc1NC(=O)OC(C)(C)C. The number of nitrogens with one attached hydrogen (secondary N) is 1. The van der Waals surface area contributed by atoms with E-state index in [1.165, 1.54) is 19.4 Å². The van der Waals surface area contributed by atoms with Crippen LogP contribution in [0, 0.1) is 0 Å². The highest BCUT2D eigenvalue weighted by Gasteiger charge is 2.19. The van der Waals surface area contributed by atoms with Crippen LogP contribution >= 0.6 is 0 Å². The number of rotatable bonds is 3. The monoisotopic (exact) mass is 302 g/mol. The summed E-state index contributed by atoms with van der Waals surface area (Å²) < 4.78 is 32.9. The molecule has 0 aliphatic carbocycles. The number of amides is 1. The molecule has 1 aromatic rings. The van der Waals surface area contributed by atoms with Crippen molar-refractivity contribution >= 4 is 21.6 Å². The van der Waals surface area contributed by atoms with Gasteiger partial charge in [-0.2, -0.15) is 0 Å². The first-order valence-electron chi connectivity index (χ1n) is 5.77. The quantitative estimate of drug-likeness (QED) is 0.915. The minimum Gasteiger partial charge on any atom is -0.494 e. The van der Waals surface area contributed by atoms with Crippen molar-refractivity contribution in [2.45, 2.75) is 31.4 Å². The van der Waals surface area contributed by atoms with E-state index in [1.54, 1.807) is 20.8 Å². The number of hydrogen-bond donors (Lipinski definition) is 1. The molecule has 8 heteroatoms. The van der Waals surface area contributed by atoms with Crippen molar-refractivity contribution in [3.05, 3.63) is 12.3 Å². The molecular formula is C12H18N2O5S. The van der Waals surface area contributed by atoms with Crippen molar-refractivity contribution in [1.29, 1.82) is 0 Å². The van der Waals surface area contributed by atoms with Crippen molar-refractivity contribution < 1.29 is 22.7 Å². The molecule has 1 aromatic heterocycles. The minimum absolute atomic E-state index is 0.135. The molecule has 0 spiro atoms. The molecule has 0 aliphatic heterocycles. The highest BCUT2D eigenvalue weighted by molar-refractivity contribution is 7.90. The molecule has 1 amide bonds. The predicted octanol–water partition coefficient (Wildman–Crippen LogP) is 1.84. The van der Waals surface area contributed by atoms with Gasteiger partial charge in [-0.25, -0.2) is 18.2 Å². The van der Waals surface area contributed by atoms with E-state index in [9.17, 15) is 13.2 Å². The van der Waals surface area contributed by atoms with Crippen molar-refractivity contribution in [2.75, 3.05) is 18.7 Å². The van der Waals surface area contributed by atoms with Gasteiger partial charge in [0.25, 0.3) is 0 Å². The third-order valence-electron chi connectivity index (χ3n) is 2.08. The van der Waals surface area contributed by atoms with Gasteiger partial charge in [0.2, 0.25) is 0 Å². The Labute approximate surface area is 118 Å². The molecule has 20 heavy (non-hydrogen) atoms. The molecule has 1 N–H and O–H groups in total. The average molecular weight is 302 g/mol. The maximum Gasteiger partial charge on any atom is 0.412 e. The average Bonchev–Trinajstić information content (AvgIpc) is 2.25. The van der Waals surface area contributed by atoms with Gasteiger partial charge < -0.3 is 9.47 Å². The van der Waals surface area contributed by atoms with Crippen LogP contribution in [0.5, 0.6) is 5.75 Å². The molecule has 0 saturated heterocycles. The van der Waals surface area contributed by atoms with Crippen LogP contribution in [0.15, 0.2) is 17.3 Å². The van der Waals surface area contributed by atoms with Crippen LogP contribution in [0.2, 0.25) is 0 Å². The molecule has 0 fully saturated rings. The first-order chi connectivity index (χ1) is 9.03. The lowest BCUT2D eigenvalue weighted by atomic mass is 10.2. The van der Waals surface area contributed by atoms with Crippen LogP contribution in [-0.4, -0.2) is 38.5 Å². The van der Waals surface area contributed by atoms with Crippen LogP contribution < -0.4 is 10.1 Å². The second kappa shape index (κ2) is 5.66. The summed E-state index contributed by atoms with van der Waals surface area (Å²) in [7, 11) is -2.08. The molecule has 112 valence electrons. The summed E-state index contributed by atoms with van der Waals surface area (Å²) in [6.07, 6.45) is 1.57. The van der Waals surface area contributed by atoms with Gasteiger partial charge in [0.15, 0.2) is 14.9 Å². The fraction of sp³-hybridized carbons (Fsp3) is 0.500. The standard InChI is InChI=1S/C12H18N2O5S/c1-12(2,3)19-11(15)14-8-7-13-10(20(5,16)17)6-9(8)18-4/h6-7H,1-5H3,(H,14,15). The molecule has 7 nitrogen and oxygen atoms in total. The Bertz CT molecular complexity index is 605.